The molecule has 1 saturated heterocycles. The Labute approximate surface area is 102 Å². The van der Waals surface area contributed by atoms with Crippen LogP contribution in [0.3, 0.4) is 0 Å². The minimum absolute atomic E-state index is 0.00252. The summed E-state index contributed by atoms with van der Waals surface area (Å²) in [6.45, 7) is 2.71. The third-order valence-electron chi connectivity index (χ3n) is 3.63. The quantitative estimate of drug-likeness (QED) is 0.570. The van der Waals surface area contributed by atoms with Gasteiger partial charge < -0.3 is 20.5 Å². The van der Waals surface area contributed by atoms with Crippen LogP contribution in [0.15, 0.2) is 0 Å². The third kappa shape index (κ3) is 3.94. The SMILES string of the molecule is O=C(CNCC1CCCO1)NCC1(CO)CC1. The Hall–Kier alpha value is -0.650. The van der Waals surface area contributed by atoms with Gasteiger partial charge in [0.05, 0.1) is 19.3 Å². The number of aliphatic hydroxyl groups excluding tert-OH is 1. The van der Waals surface area contributed by atoms with Gasteiger partial charge in [-0.1, -0.05) is 0 Å². The number of aliphatic hydroxyl groups is 1. The highest BCUT2D eigenvalue weighted by Gasteiger charge is 2.41. The van der Waals surface area contributed by atoms with Gasteiger partial charge in [-0.05, 0) is 25.7 Å². The van der Waals surface area contributed by atoms with Crippen LogP contribution in [-0.2, 0) is 9.53 Å². The summed E-state index contributed by atoms with van der Waals surface area (Å²) >= 11 is 0. The fourth-order valence-corrected chi connectivity index (χ4v) is 2.07. The van der Waals surface area contributed by atoms with Gasteiger partial charge in [-0.25, -0.2) is 0 Å². The van der Waals surface area contributed by atoms with E-state index in [4.69, 9.17) is 9.84 Å². The van der Waals surface area contributed by atoms with Crippen molar-refractivity contribution in [1.29, 1.82) is 0 Å². The molecule has 1 aliphatic heterocycles. The number of hydrogen-bond donors (Lipinski definition) is 3. The van der Waals surface area contributed by atoms with Crippen molar-refractivity contribution in [2.75, 3.05) is 32.8 Å². The monoisotopic (exact) mass is 242 g/mol. The first-order chi connectivity index (χ1) is 8.24. The van der Waals surface area contributed by atoms with Crippen molar-refractivity contribution >= 4 is 5.91 Å². The maximum atomic E-state index is 11.5. The van der Waals surface area contributed by atoms with E-state index in [1.807, 2.05) is 0 Å². The lowest BCUT2D eigenvalue weighted by atomic mass is 10.1. The van der Waals surface area contributed by atoms with Crippen molar-refractivity contribution in [3.8, 4) is 0 Å². The van der Waals surface area contributed by atoms with Crippen LogP contribution in [0.1, 0.15) is 25.7 Å². The van der Waals surface area contributed by atoms with Crippen LogP contribution >= 0.6 is 0 Å². The van der Waals surface area contributed by atoms with E-state index >= 15 is 0 Å². The minimum Gasteiger partial charge on any atom is -0.396 e. The first kappa shape index (κ1) is 12.8. The van der Waals surface area contributed by atoms with Crippen molar-refractivity contribution in [1.82, 2.24) is 10.6 Å². The summed E-state index contributed by atoms with van der Waals surface area (Å²) in [5, 5.41) is 15.1. The number of ether oxygens (including phenoxy) is 1. The van der Waals surface area contributed by atoms with Crippen molar-refractivity contribution in [3.63, 3.8) is 0 Å². The number of nitrogens with one attached hydrogen (secondary N) is 2. The van der Waals surface area contributed by atoms with Gasteiger partial charge in [0.1, 0.15) is 0 Å². The molecule has 0 spiro atoms. The maximum Gasteiger partial charge on any atom is 0.233 e. The molecule has 0 aromatic rings. The lowest BCUT2D eigenvalue weighted by Gasteiger charge is -2.14. The Morgan fingerprint density at radius 1 is 1.47 bits per heavy atom. The highest BCUT2D eigenvalue weighted by molar-refractivity contribution is 5.78. The van der Waals surface area contributed by atoms with E-state index in [-0.39, 0.29) is 24.0 Å². The molecule has 2 rings (SSSR count). The zero-order valence-electron chi connectivity index (χ0n) is 10.2. The lowest BCUT2D eigenvalue weighted by Crippen LogP contribution is -2.40. The molecule has 2 aliphatic rings. The second-order valence-electron chi connectivity index (χ2n) is 5.20. The maximum absolute atomic E-state index is 11.5. The fourth-order valence-electron chi connectivity index (χ4n) is 2.07. The average molecular weight is 242 g/mol. The van der Waals surface area contributed by atoms with Crippen molar-refractivity contribution in [2.24, 2.45) is 5.41 Å². The van der Waals surface area contributed by atoms with E-state index in [1.54, 1.807) is 0 Å². The summed E-state index contributed by atoms with van der Waals surface area (Å²) in [7, 11) is 0. The van der Waals surface area contributed by atoms with Gasteiger partial charge in [0.15, 0.2) is 0 Å². The molecule has 1 unspecified atom stereocenters. The standard InChI is InChI=1S/C12H22N2O3/c15-9-12(3-4-12)8-14-11(16)7-13-6-10-2-1-5-17-10/h10,13,15H,1-9H2,(H,14,16). The molecule has 1 heterocycles. The number of amides is 1. The normalized spacial score (nSPS) is 25.8. The third-order valence-corrected chi connectivity index (χ3v) is 3.63. The number of carbonyl (C=O) groups is 1. The van der Waals surface area contributed by atoms with Gasteiger partial charge in [0, 0.05) is 25.1 Å². The molecule has 0 bridgehead atoms. The van der Waals surface area contributed by atoms with E-state index in [9.17, 15) is 4.79 Å². The summed E-state index contributed by atoms with van der Waals surface area (Å²) < 4.78 is 5.45. The summed E-state index contributed by atoms with van der Waals surface area (Å²) in [5.74, 6) is 0.00252. The lowest BCUT2D eigenvalue weighted by molar-refractivity contribution is -0.120. The molecule has 17 heavy (non-hydrogen) atoms. The van der Waals surface area contributed by atoms with Crippen LogP contribution < -0.4 is 10.6 Å². The van der Waals surface area contributed by atoms with Gasteiger partial charge in [-0.3, -0.25) is 4.79 Å². The zero-order chi connectivity index (χ0) is 12.1. The molecule has 0 radical (unpaired) electrons. The molecule has 3 N–H and O–H groups in total. The highest BCUT2D eigenvalue weighted by atomic mass is 16.5. The van der Waals surface area contributed by atoms with Gasteiger partial charge in [-0.15, -0.1) is 0 Å². The summed E-state index contributed by atoms with van der Waals surface area (Å²) in [5.41, 5.74) is -0.00970. The molecular weight excluding hydrogens is 220 g/mol. The van der Waals surface area contributed by atoms with Crippen LogP contribution in [-0.4, -0.2) is 50.0 Å². The summed E-state index contributed by atoms with van der Waals surface area (Å²) in [6.07, 6.45) is 4.52. The number of rotatable bonds is 7. The van der Waals surface area contributed by atoms with Crippen molar-refractivity contribution < 1.29 is 14.6 Å². The average Bonchev–Trinajstić information content (AvgIpc) is 2.95. The van der Waals surface area contributed by atoms with E-state index in [0.717, 1.165) is 38.8 Å². The van der Waals surface area contributed by atoms with Crippen LogP contribution in [0.2, 0.25) is 0 Å². The fraction of sp³-hybridized carbons (Fsp3) is 0.917. The molecule has 5 heteroatoms. The molecule has 1 aliphatic carbocycles. The topological polar surface area (TPSA) is 70.6 Å². The number of hydrogen-bond acceptors (Lipinski definition) is 4. The van der Waals surface area contributed by atoms with Crippen molar-refractivity contribution in [2.45, 2.75) is 31.8 Å². The largest absolute Gasteiger partial charge is 0.396 e. The Bertz CT molecular complexity index is 260. The van der Waals surface area contributed by atoms with Crippen LogP contribution in [0.4, 0.5) is 0 Å². The smallest absolute Gasteiger partial charge is 0.233 e. The van der Waals surface area contributed by atoms with Gasteiger partial charge in [0.2, 0.25) is 5.91 Å². The van der Waals surface area contributed by atoms with E-state index < -0.39 is 0 Å². The highest BCUT2D eigenvalue weighted by Crippen LogP contribution is 2.44. The van der Waals surface area contributed by atoms with Crippen LogP contribution in [0.5, 0.6) is 0 Å². The Morgan fingerprint density at radius 3 is 2.88 bits per heavy atom. The van der Waals surface area contributed by atoms with E-state index in [2.05, 4.69) is 10.6 Å². The second-order valence-corrected chi connectivity index (χ2v) is 5.20. The van der Waals surface area contributed by atoms with Crippen molar-refractivity contribution in [3.05, 3.63) is 0 Å². The number of carbonyl (C=O) groups excluding carboxylic acids is 1. The first-order valence-corrected chi connectivity index (χ1v) is 6.44. The Kier molecular flexibility index (Phi) is 4.36. The predicted octanol–water partition coefficient (Wildman–Crippen LogP) is -0.356. The van der Waals surface area contributed by atoms with E-state index in [0.29, 0.717) is 13.1 Å². The molecular formula is C12H22N2O3. The second kappa shape index (κ2) is 5.80. The Balaban J connectivity index is 1.51. The minimum atomic E-state index is -0.00970. The van der Waals surface area contributed by atoms with Crippen LogP contribution in [0.25, 0.3) is 0 Å². The molecule has 98 valence electrons. The van der Waals surface area contributed by atoms with E-state index in [1.165, 1.54) is 0 Å². The molecule has 5 nitrogen and oxygen atoms in total. The molecule has 1 saturated carbocycles. The predicted molar refractivity (Wildman–Crippen MR) is 63.6 cm³/mol. The van der Waals surface area contributed by atoms with Crippen LogP contribution in [0, 0.1) is 5.41 Å². The zero-order valence-corrected chi connectivity index (χ0v) is 10.2. The van der Waals surface area contributed by atoms with Gasteiger partial charge in [-0.2, -0.15) is 0 Å². The summed E-state index contributed by atoms with van der Waals surface area (Å²) in [4.78, 5) is 11.5. The van der Waals surface area contributed by atoms with Gasteiger partial charge in [0.25, 0.3) is 0 Å². The molecule has 2 fully saturated rings. The summed E-state index contributed by atoms with van der Waals surface area (Å²) in [6, 6.07) is 0. The first-order valence-electron chi connectivity index (χ1n) is 6.44. The molecule has 0 aromatic heterocycles. The molecule has 1 atom stereocenters. The van der Waals surface area contributed by atoms with Gasteiger partial charge >= 0.3 is 0 Å². The molecule has 0 aromatic carbocycles. The molecule has 1 amide bonds. The Morgan fingerprint density at radius 2 is 2.29 bits per heavy atom.